The number of primary amides is 1. The Hall–Kier alpha value is -2.87. The van der Waals surface area contributed by atoms with Crippen molar-refractivity contribution in [2.45, 2.75) is 0 Å². The van der Waals surface area contributed by atoms with E-state index in [1.165, 1.54) is 19.2 Å². The van der Waals surface area contributed by atoms with E-state index < -0.39 is 5.91 Å². The minimum absolute atomic E-state index is 0.214. The lowest BCUT2D eigenvalue weighted by molar-refractivity contribution is 0.100. The summed E-state index contributed by atoms with van der Waals surface area (Å²) >= 11 is 0. The molecule has 0 aliphatic rings. The van der Waals surface area contributed by atoms with Crippen LogP contribution in [0.5, 0.6) is 5.75 Å². The van der Waals surface area contributed by atoms with Crippen LogP contribution < -0.4 is 10.5 Å². The van der Waals surface area contributed by atoms with Gasteiger partial charge in [0.25, 0.3) is 5.91 Å². The van der Waals surface area contributed by atoms with Crippen molar-refractivity contribution in [3.8, 4) is 23.1 Å². The third kappa shape index (κ3) is 2.38. The molecule has 0 unspecified atom stereocenters. The van der Waals surface area contributed by atoms with Crippen LogP contribution in [0.4, 0.5) is 0 Å². The smallest absolute Gasteiger partial charge is 0.250 e. The van der Waals surface area contributed by atoms with E-state index in [0.29, 0.717) is 17.0 Å². The molecule has 0 fully saturated rings. The third-order valence-electron chi connectivity index (χ3n) is 2.64. The van der Waals surface area contributed by atoms with Crippen molar-refractivity contribution in [2.75, 3.05) is 7.11 Å². The minimum Gasteiger partial charge on any atom is -0.496 e. The van der Waals surface area contributed by atoms with Gasteiger partial charge in [0.15, 0.2) is 0 Å². The number of methoxy groups -OCH3 is 1. The van der Waals surface area contributed by atoms with Crippen molar-refractivity contribution in [1.29, 1.82) is 5.26 Å². The lowest BCUT2D eigenvalue weighted by Crippen LogP contribution is -2.13. The number of nitrogens with zero attached hydrogens (tertiary/aromatic N) is 2. The van der Waals surface area contributed by atoms with Crippen molar-refractivity contribution in [2.24, 2.45) is 5.73 Å². The second-order valence-corrected chi connectivity index (χ2v) is 3.77. The van der Waals surface area contributed by atoms with Gasteiger partial charge in [-0.25, -0.2) is 4.98 Å². The van der Waals surface area contributed by atoms with Gasteiger partial charge in [-0.1, -0.05) is 12.1 Å². The van der Waals surface area contributed by atoms with Gasteiger partial charge in [-0.2, -0.15) is 5.26 Å². The summed E-state index contributed by atoms with van der Waals surface area (Å²) in [6.45, 7) is 0. The van der Waals surface area contributed by atoms with Crippen LogP contribution in [0.25, 0.3) is 11.3 Å². The summed E-state index contributed by atoms with van der Waals surface area (Å²) in [5.74, 6) is -0.0366. The lowest BCUT2D eigenvalue weighted by atomic mass is 10.0. The van der Waals surface area contributed by atoms with Crippen LogP contribution in [0.15, 0.2) is 36.4 Å². The number of aromatic nitrogens is 1. The molecule has 1 aromatic carbocycles. The van der Waals surface area contributed by atoms with E-state index in [1.807, 2.05) is 6.07 Å². The van der Waals surface area contributed by atoms with Crippen molar-refractivity contribution in [3.05, 3.63) is 47.7 Å². The second-order valence-electron chi connectivity index (χ2n) is 3.77. The first-order valence-corrected chi connectivity index (χ1v) is 5.51. The summed E-state index contributed by atoms with van der Waals surface area (Å²) < 4.78 is 5.23. The Morgan fingerprint density at radius 2 is 2.05 bits per heavy atom. The number of rotatable bonds is 3. The molecule has 94 valence electrons. The summed E-state index contributed by atoms with van der Waals surface area (Å²) in [5.41, 5.74) is 6.77. The molecule has 0 atom stereocenters. The van der Waals surface area contributed by atoms with E-state index in [4.69, 9.17) is 15.7 Å². The fraction of sp³-hybridized carbons (Fsp3) is 0.0714. The predicted octanol–water partition coefficient (Wildman–Crippen LogP) is 1.73. The van der Waals surface area contributed by atoms with Crippen molar-refractivity contribution >= 4 is 5.91 Å². The summed E-state index contributed by atoms with van der Waals surface area (Å²) in [6.07, 6.45) is 0. The molecule has 1 heterocycles. The Labute approximate surface area is 110 Å². The molecule has 1 aromatic heterocycles. The first-order chi connectivity index (χ1) is 9.17. The Balaban J connectivity index is 2.72. The molecule has 19 heavy (non-hydrogen) atoms. The number of ether oxygens (including phenoxy) is 1. The molecule has 0 radical (unpaired) electrons. The Bertz CT molecular complexity index is 675. The van der Waals surface area contributed by atoms with Gasteiger partial charge in [0.2, 0.25) is 0 Å². The zero-order valence-electron chi connectivity index (χ0n) is 10.3. The molecule has 2 rings (SSSR count). The van der Waals surface area contributed by atoms with Gasteiger partial charge in [0.1, 0.15) is 17.5 Å². The number of amides is 1. The van der Waals surface area contributed by atoms with Gasteiger partial charge in [-0.3, -0.25) is 4.79 Å². The molecule has 1 amide bonds. The predicted molar refractivity (Wildman–Crippen MR) is 69.5 cm³/mol. The number of hydrogen-bond acceptors (Lipinski definition) is 4. The normalized spacial score (nSPS) is 9.68. The molecule has 0 aliphatic heterocycles. The number of nitriles is 1. The van der Waals surface area contributed by atoms with Gasteiger partial charge in [-0.15, -0.1) is 0 Å². The highest BCUT2D eigenvalue weighted by Gasteiger charge is 2.15. The molecule has 0 saturated carbocycles. The maximum Gasteiger partial charge on any atom is 0.250 e. The van der Waals surface area contributed by atoms with Crippen molar-refractivity contribution in [1.82, 2.24) is 4.98 Å². The van der Waals surface area contributed by atoms with Crippen LogP contribution in [-0.4, -0.2) is 18.0 Å². The number of nitrogens with two attached hydrogens (primary N) is 1. The average molecular weight is 253 g/mol. The number of pyridine rings is 1. The highest BCUT2D eigenvalue weighted by Crippen LogP contribution is 2.30. The van der Waals surface area contributed by atoms with E-state index in [0.717, 1.165) is 0 Å². The monoisotopic (exact) mass is 253 g/mol. The fourth-order valence-corrected chi connectivity index (χ4v) is 1.77. The quantitative estimate of drug-likeness (QED) is 0.902. The maximum atomic E-state index is 11.5. The Morgan fingerprint density at radius 3 is 2.68 bits per heavy atom. The zero-order chi connectivity index (χ0) is 13.8. The first-order valence-electron chi connectivity index (χ1n) is 5.51. The Kier molecular flexibility index (Phi) is 3.44. The number of carbonyl (C=O) groups excluding carboxylic acids is 1. The number of benzene rings is 1. The van der Waals surface area contributed by atoms with E-state index in [2.05, 4.69) is 4.98 Å². The molecule has 2 N–H and O–H groups in total. The molecule has 5 nitrogen and oxygen atoms in total. The third-order valence-corrected chi connectivity index (χ3v) is 2.64. The van der Waals surface area contributed by atoms with Gasteiger partial charge >= 0.3 is 0 Å². The first kappa shape index (κ1) is 12.6. The van der Waals surface area contributed by atoms with E-state index >= 15 is 0 Å². The topological polar surface area (TPSA) is 89.0 Å². The van der Waals surface area contributed by atoms with Crippen LogP contribution in [0.1, 0.15) is 16.1 Å². The lowest BCUT2D eigenvalue weighted by Gasteiger charge is -2.10. The highest BCUT2D eigenvalue weighted by atomic mass is 16.5. The van der Waals surface area contributed by atoms with Crippen LogP contribution >= 0.6 is 0 Å². The minimum atomic E-state index is -0.599. The standard InChI is InChI=1S/C14H11N3O2/c1-19-12-5-3-2-4-10(12)13-11(14(16)18)7-6-9(8-15)17-13/h2-7H,1H3,(H2,16,18). The second kappa shape index (κ2) is 5.19. The van der Waals surface area contributed by atoms with Crippen molar-refractivity contribution in [3.63, 3.8) is 0 Å². The molecule has 0 aliphatic carbocycles. The number of para-hydroxylation sites is 1. The molecule has 5 heteroatoms. The number of carbonyl (C=O) groups is 1. The largest absolute Gasteiger partial charge is 0.496 e. The fourth-order valence-electron chi connectivity index (χ4n) is 1.77. The highest BCUT2D eigenvalue weighted by molar-refractivity contribution is 5.99. The molecular formula is C14H11N3O2. The van der Waals surface area contributed by atoms with Gasteiger partial charge in [0.05, 0.1) is 18.4 Å². The van der Waals surface area contributed by atoms with Crippen LogP contribution in [-0.2, 0) is 0 Å². The van der Waals surface area contributed by atoms with Crippen molar-refractivity contribution < 1.29 is 9.53 Å². The van der Waals surface area contributed by atoms with E-state index in [9.17, 15) is 4.79 Å². The zero-order valence-corrected chi connectivity index (χ0v) is 10.3. The van der Waals surface area contributed by atoms with Crippen LogP contribution in [0, 0.1) is 11.3 Å². The van der Waals surface area contributed by atoms with Crippen LogP contribution in [0.3, 0.4) is 0 Å². The van der Waals surface area contributed by atoms with Crippen LogP contribution in [0.2, 0.25) is 0 Å². The molecular weight excluding hydrogens is 242 g/mol. The van der Waals surface area contributed by atoms with Gasteiger partial charge in [0, 0.05) is 5.56 Å². The van der Waals surface area contributed by atoms with Gasteiger partial charge < -0.3 is 10.5 Å². The molecule has 0 saturated heterocycles. The number of hydrogen-bond donors (Lipinski definition) is 1. The summed E-state index contributed by atoms with van der Waals surface area (Å²) in [7, 11) is 1.52. The SMILES string of the molecule is COc1ccccc1-c1nc(C#N)ccc1C(N)=O. The summed E-state index contributed by atoms with van der Waals surface area (Å²) in [4.78, 5) is 15.6. The Morgan fingerprint density at radius 1 is 1.32 bits per heavy atom. The molecule has 2 aromatic rings. The molecule has 0 spiro atoms. The van der Waals surface area contributed by atoms with E-state index in [-0.39, 0.29) is 11.3 Å². The average Bonchev–Trinajstić information content (AvgIpc) is 2.46. The summed E-state index contributed by atoms with van der Waals surface area (Å²) in [6, 6.07) is 12.0. The van der Waals surface area contributed by atoms with E-state index in [1.54, 1.807) is 24.3 Å². The molecule has 0 bridgehead atoms. The van der Waals surface area contributed by atoms with Gasteiger partial charge in [-0.05, 0) is 24.3 Å². The maximum absolute atomic E-state index is 11.5. The summed E-state index contributed by atoms with van der Waals surface area (Å²) in [5, 5.41) is 8.91.